The predicted octanol–water partition coefficient (Wildman–Crippen LogP) is 4.08. The smallest absolute Gasteiger partial charge is 0.374 e. The average molecular weight is 322 g/mol. The molecule has 0 saturated carbocycles. The van der Waals surface area contributed by atoms with Crippen molar-refractivity contribution in [3.05, 3.63) is 54.3 Å². The van der Waals surface area contributed by atoms with Crippen molar-refractivity contribution in [3.8, 4) is 11.1 Å². The lowest BCUT2D eigenvalue weighted by Gasteiger charge is -2.06. The van der Waals surface area contributed by atoms with E-state index in [4.69, 9.17) is 20.6 Å². The first kappa shape index (κ1) is 15.7. The van der Waals surface area contributed by atoms with Crippen LogP contribution in [0.1, 0.15) is 23.0 Å². The molecule has 5 nitrogen and oxygen atoms in total. The topological polar surface area (TPSA) is 91.5 Å². The molecule has 122 valence electrons. The Balaban J connectivity index is 2.35. The lowest BCUT2D eigenvalue weighted by molar-refractivity contribution is 0.0567. The van der Waals surface area contributed by atoms with Crippen molar-refractivity contribution in [1.82, 2.24) is 0 Å². The van der Waals surface area contributed by atoms with Crippen LogP contribution in [0.25, 0.3) is 27.7 Å². The number of rotatable bonds is 3. The fourth-order valence-electron chi connectivity index (χ4n) is 2.84. The van der Waals surface area contributed by atoms with Gasteiger partial charge in [-0.1, -0.05) is 24.8 Å². The maximum absolute atomic E-state index is 12.1. The van der Waals surface area contributed by atoms with Gasteiger partial charge in [-0.25, -0.2) is 4.79 Å². The Morgan fingerprint density at radius 3 is 2.42 bits per heavy atom. The number of carbonyl (C=O) groups is 1. The van der Waals surface area contributed by atoms with Crippen LogP contribution in [0, 0.1) is 0 Å². The summed E-state index contributed by atoms with van der Waals surface area (Å²) in [5, 5.41) is 0.793. The van der Waals surface area contributed by atoms with Gasteiger partial charge < -0.3 is 20.6 Å². The molecule has 0 aliphatic rings. The van der Waals surface area contributed by atoms with E-state index in [1.165, 1.54) is 7.11 Å². The molecule has 2 aromatic carbocycles. The number of para-hydroxylation sites is 1. The molecule has 4 N–H and O–H groups in total. The Morgan fingerprint density at radius 2 is 1.83 bits per heavy atom. The van der Waals surface area contributed by atoms with Crippen LogP contribution in [0.3, 0.4) is 0 Å². The number of anilines is 2. The Labute approximate surface area is 139 Å². The number of allylic oxidation sites excluding steroid dienone is 1. The number of fused-ring (bicyclic) bond motifs is 1. The number of furan rings is 1. The Bertz CT molecular complexity index is 950. The van der Waals surface area contributed by atoms with Crippen molar-refractivity contribution in [2.75, 3.05) is 18.6 Å². The third-order valence-electron chi connectivity index (χ3n) is 3.80. The highest BCUT2D eigenvalue weighted by molar-refractivity contribution is 6.06. The molecule has 0 saturated heterocycles. The van der Waals surface area contributed by atoms with E-state index in [9.17, 15) is 4.79 Å². The van der Waals surface area contributed by atoms with Crippen LogP contribution < -0.4 is 11.5 Å². The summed E-state index contributed by atoms with van der Waals surface area (Å²) in [6, 6.07) is 11.0. The molecule has 0 unspecified atom stereocenters. The third kappa shape index (κ3) is 2.50. The normalized spacial score (nSPS) is 10.8. The van der Waals surface area contributed by atoms with Crippen molar-refractivity contribution in [2.45, 2.75) is 6.92 Å². The minimum atomic E-state index is -0.540. The highest BCUT2D eigenvalue weighted by Gasteiger charge is 2.23. The van der Waals surface area contributed by atoms with Gasteiger partial charge >= 0.3 is 5.97 Å². The van der Waals surface area contributed by atoms with Gasteiger partial charge in [-0.15, -0.1) is 0 Å². The van der Waals surface area contributed by atoms with E-state index < -0.39 is 5.97 Å². The van der Waals surface area contributed by atoms with Gasteiger partial charge in [0.15, 0.2) is 0 Å². The number of hydrogen-bond donors (Lipinski definition) is 2. The van der Waals surface area contributed by atoms with E-state index in [1.807, 2.05) is 37.3 Å². The summed E-state index contributed by atoms with van der Waals surface area (Å²) in [4.78, 5) is 12.1. The van der Waals surface area contributed by atoms with Crippen LogP contribution >= 0.6 is 0 Å². The maximum Gasteiger partial charge on any atom is 0.374 e. The summed E-state index contributed by atoms with van der Waals surface area (Å²) >= 11 is 0. The molecular formula is C19H18N2O3. The lowest BCUT2D eigenvalue weighted by atomic mass is 9.99. The van der Waals surface area contributed by atoms with Gasteiger partial charge in [0.25, 0.3) is 0 Å². The average Bonchev–Trinajstić information content (AvgIpc) is 2.92. The molecule has 0 atom stereocenters. The van der Waals surface area contributed by atoms with Gasteiger partial charge in [0.05, 0.1) is 7.11 Å². The number of hydrogen-bond acceptors (Lipinski definition) is 5. The molecule has 0 aliphatic heterocycles. The molecule has 1 heterocycles. The van der Waals surface area contributed by atoms with Gasteiger partial charge in [-0.2, -0.15) is 0 Å². The zero-order valence-corrected chi connectivity index (χ0v) is 13.6. The second-order valence-corrected chi connectivity index (χ2v) is 5.65. The quantitative estimate of drug-likeness (QED) is 0.560. The fraction of sp³-hybridized carbons (Fsp3) is 0.105. The molecule has 5 heteroatoms. The summed E-state index contributed by atoms with van der Waals surface area (Å²) in [7, 11) is 1.32. The number of methoxy groups -OCH3 is 1. The number of esters is 1. The molecule has 24 heavy (non-hydrogen) atoms. The Hall–Kier alpha value is -3.21. The van der Waals surface area contributed by atoms with Gasteiger partial charge in [0, 0.05) is 27.9 Å². The van der Waals surface area contributed by atoms with Gasteiger partial charge in [0.1, 0.15) is 5.58 Å². The monoisotopic (exact) mass is 322 g/mol. The van der Waals surface area contributed by atoms with Crippen molar-refractivity contribution in [1.29, 1.82) is 0 Å². The Kier molecular flexibility index (Phi) is 3.77. The highest BCUT2D eigenvalue weighted by atomic mass is 16.5. The van der Waals surface area contributed by atoms with E-state index in [1.54, 1.807) is 6.07 Å². The lowest BCUT2D eigenvalue weighted by Crippen LogP contribution is -2.01. The zero-order chi connectivity index (χ0) is 17.4. The summed E-state index contributed by atoms with van der Waals surface area (Å²) in [5.74, 6) is -0.397. The summed E-state index contributed by atoms with van der Waals surface area (Å²) in [6.07, 6.45) is 0. The molecule has 3 aromatic rings. The molecule has 0 aliphatic carbocycles. The summed E-state index contributed by atoms with van der Waals surface area (Å²) in [6.45, 7) is 5.77. The van der Waals surface area contributed by atoms with Crippen molar-refractivity contribution < 1.29 is 13.9 Å². The number of nitrogens with two attached hydrogens (primary N) is 2. The van der Waals surface area contributed by atoms with Crippen LogP contribution in [0.4, 0.5) is 11.4 Å². The van der Waals surface area contributed by atoms with Crippen LogP contribution in [-0.4, -0.2) is 13.1 Å². The van der Waals surface area contributed by atoms with Crippen LogP contribution in [0.2, 0.25) is 0 Å². The van der Waals surface area contributed by atoms with Crippen molar-refractivity contribution >= 4 is 33.9 Å². The number of carbonyl (C=O) groups excluding carboxylic acids is 1. The van der Waals surface area contributed by atoms with Crippen LogP contribution in [0.15, 0.2) is 47.4 Å². The molecule has 3 rings (SSSR count). The summed E-state index contributed by atoms with van der Waals surface area (Å²) < 4.78 is 10.7. The first-order chi connectivity index (χ1) is 11.4. The molecule has 1 aromatic heterocycles. The first-order valence-electron chi connectivity index (χ1n) is 7.38. The van der Waals surface area contributed by atoms with Gasteiger partial charge in [-0.3, -0.25) is 0 Å². The number of nitrogen functional groups attached to an aromatic ring is 2. The maximum atomic E-state index is 12.1. The molecule has 0 spiro atoms. The second kappa shape index (κ2) is 5.77. The molecular weight excluding hydrogens is 304 g/mol. The van der Waals surface area contributed by atoms with E-state index in [2.05, 4.69) is 6.58 Å². The predicted molar refractivity (Wildman–Crippen MR) is 96.5 cm³/mol. The van der Waals surface area contributed by atoms with Gasteiger partial charge in [0.2, 0.25) is 5.76 Å². The molecule has 0 fully saturated rings. The minimum absolute atomic E-state index is 0.143. The van der Waals surface area contributed by atoms with E-state index in [0.717, 1.165) is 22.1 Å². The van der Waals surface area contributed by atoms with Crippen LogP contribution in [-0.2, 0) is 4.74 Å². The van der Waals surface area contributed by atoms with E-state index in [0.29, 0.717) is 22.5 Å². The minimum Gasteiger partial charge on any atom is -0.463 e. The van der Waals surface area contributed by atoms with Crippen LogP contribution in [0.5, 0.6) is 0 Å². The number of benzene rings is 2. The van der Waals surface area contributed by atoms with Crippen molar-refractivity contribution in [3.63, 3.8) is 0 Å². The van der Waals surface area contributed by atoms with Gasteiger partial charge in [-0.05, 0) is 36.3 Å². The van der Waals surface area contributed by atoms with E-state index >= 15 is 0 Å². The zero-order valence-electron chi connectivity index (χ0n) is 13.6. The first-order valence-corrected chi connectivity index (χ1v) is 7.38. The molecule has 0 radical (unpaired) electrons. The van der Waals surface area contributed by atoms with Crippen molar-refractivity contribution in [2.24, 2.45) is 0 Å². The molecule has 0 amide bonds. The number of ether oxygens (including phenoxy) is 1. The Morgan fingerprint density at radius 1 is 1.17 bits per heavy atom. The van der Waals surface area contributed by atoms with E-state index in [-0.39, 0.29) is 5.76 Å². The SMILES string of the molecule is C=C(C)c1c(C(=O)OC)oc2c(-c3cc(N)cc(N)c3)cccc12. The fourth-order valence-corrected chi connectivity index (χ4v) is 2.84. The largest absolute Gasteiger partial charge is 0.463 e. The summed E-state index contributed by atoms with van der Waals surface area (Å²) in [5.41, 5.74) is 16.5. The molecule has 0 bridgehead atoms. The standard InChI is InChI=1S/C19H18N2O3/c1-10(2)16-15-6-4-5-14(11-7-12(20)9-13(21)8-11)17(15)24-18(16)19(22)23-3/h4-9H,1,20-21H2,2-3H3. The highest BCUT2D eigenvalue weighted by Crippen LogP contribution is 2.38. The second-order valence-electron chi connectivity index (χ2n) is 5.65. The third-order valence-corrected chi connectivity index (χ3v) is 3.80.